The number of aliphatic hydroxyl groups excluding tert-OH is 1. The molecule has 0 spiro atoms. The van der Waals surface area contributed by atoms with E-state index in [1.54, 1.807) is 140 Å². The van der Waals surface area contributed by atoms with E-state index in [1.807, 2.05) is 113 Å². The molecule has 9 N–H and O–H groups in total. The number of pyridine rings is 1. The van der Waals surface area contributed by atoms with Crippen LogP contribution in [0.4, 0.5) is 34.1 Å². The number of phenolic OH excluding ortho intramolecular Hbond substituents is 2. The Balaban J connectivity index is 0.000000120. The number of Topliss-reactive ketones (excluding diaryl/α,β-unsaturated/α-hetero) is 1. The molecular formula is C83H61N5O12. The second-order valence-corrected chi connectivity index (χ2v) is 24.3. The Bertz CT molecular complexity index is 5450. The summed E-state index contributed by atoms with van der Waals surface area (Å²) < 4.78 is 5.68. The number of nitrogens with one attached hydrogen (secondary N) is 3. The molecule has 0 radical (unpaired) electrons. The Morgan fingerprint density at radius 3 is 1.26 bits per heavy atom. The third kappa shape index (κ3) is 12.2. The largest absolute Gasteiger partial charge is 0.507 e. The Labute approximate surface area is 573 Å². The van der Waals surface area contributed by atoms with E-state index >= 15 is 0 Å². The molecule has 4 aliphatic carbocycles. The molecule has 0 amide bonds. The van der Waals surface area contributed by atoms with Gasteiger partial charge in [0.25, 0.3) is 0 Å². The number of hydrogen-bond acceptors (Lipinski definition) is 17. The average molecular weight is 1320 g/mol. The van der Waals surface area contributed by atoms with Crippen LogP contribution in [0.1, 0.15) is 142 Å². The summed E-state index contributed by atoms with van der Waals surface area (Å²) >= 11 is 0. The number of ether oxygens (including phenoxy) is 1. The average Bonchev–Trinajstić information content (AvgIpc) is 1.03. The lowest BCUT2D eigenvalue weighted by Gasteiger charge is -2.24. The van der Waals surface area contributed by atoms with Gasteiger partial charge in [0.2, 0.25) is 0 Å². The number of allylic oxidation sites excluding steroid dienone is 1. The molecule has 17 heteroatoms. The van der Waals surface area contributed by atoms with Gasteiger partial charge >= 0.3 is 0 Å². The number of carbonyl (C=O) groups is 7. The number of phenols is 2. The monoisotopic (exact) mass is 1320 g/mol. The van der Waals surface area contributed by atoms with Crippen molar-refractivity contribution in [3.8, 4) is 28.7 Å². The van der Waals surface area contributed by atoms with Crippen LogP contribution in [0.3, 0.4) is 0 Å². The van der Waals surface area contributed by atoms with Gasteiger partial charge < -0.3 is 46.8 Å². The molecule has 16 rings (SSSR count). The number of para-hydroxylation sites is 2. The maximum Gasteiger partial charge on any atom is 0.199 e. The lowest BCUT2D eigenvalue weighted by atomic mass is 9.82. The lowest BCUT2D eigenvalue weighted by Crippen LogP contribution is -2.25. The standard InChI is InChI=1S/C24H22N2O2.C21H15NO3.C20H13NO4.C18H11NO3/c1-14(2)25-19-12-13-20(26-16-10-8-15(3)9-11-16)22-21(19)23(27)17-6-4-5-7-18(17)24(22)28;1-12-6-8-13(9-7-12)22-16-10-11-17(23)19-18(16)20(24)14-4-2-3-5-15(14)21(19)25;21-18-15(25-11-6-2-1-3-7-11)10-14(22)16-17(18)20(24)13-9-5-4-8-12(13)19(16)23;20-14-9-10-5-1-4-8-13(10)19-16(14)15-17(21)11-6-2-3-7-12(11)18(15)22/h4-14,25-26H,1-3H3;2-11,22-23H,1H3;1-10,22H,21H2;1-9,20-21H. The molecule has 490 valence electrons. The molecule has 4 aliphatic rings. The van der Waals surface area contributed by atoms with E-state index in [1.165, 1.54) is 12.1 Å². The number of carbonyl (C=O) groups excluding carboxylic acids is 7. The fraction of sp³-hybridized carbons (Fsp3) is 0.0602. The zero-order chi connectivity index (χ0) is 70.2. The van der Waals surface area contributed by atoms with Crippen molar-refractivity contribution in [3.05, 3.63) is 331 Å². The molecular weight excluding hydrogens is 1260 g/mol. The molecule has 12 aromatic rings. The highest BCUT2D eigenvalue weighted by Gasteiger charge is 2.38. The summed E-state index contributed by atoms with van der Waals surface area (Å²) in [7, 11) is 0. The van der Waals surface area contributed by atoms with Gasteiger partial charge in [-0.15, -0.1) is 0 Å². The van der Waals surface area contributed by atoms with Crippen LogP contribution in [0.2, 0.25) is 0 Å². The van der Waals surface area contributed by atoms with E-state index < -0.39 is 11.6 Å². The maximum atomic E-state index is 13.3. The minimum atomic E-state index is -0.430. The normalized spacial score (nSPS) is 12.8. The molecule has 0 saturated carbocycles. The second-order valence-electron chi connectivity index (χ2n) is 24.3. The SMILES string of the molecule is Cc1ccc(Nc2ccc(NC(C)C)c3c2C(=O)c2ccccc2C3=O)cc1.Cc1ccc(Nc2ccc(O)c3c2C(=O)c2ccccc2C3=O)cc1.Nc1c(Oc2ccccc2)cc(O)c2c1C(=O)c1ccccc1C2=O.O=C1C(c2nc3ccccc3cc2O)=C(O)c2ccccc21. The molecule has 100 heavy (non-hydrogen) atoms. The Morgan fingerprint density at radius 1 is 0.380 bits per heavy atom. The maximum absolute atomic E-state index is 13.3. The lowest BCUT2D eigenvalue weighted by molar-refractivity contribution is 0.0977. The minimum absolute atomic E-state index is 0.0189. The fourth-order valence-electron chi connectivity index (χ4n) is 12.4. The van der Waals surface area contributed by atoms with Crippen molar-refractivity contribution in [2.45, 2.75) is 33.7 Å². The van der Waals surface area contributed by atoms with Crippen LogP contribution in [0, 0.1) is 13.8 Å². The van der Waals surface area contributed by atoms with Crippen molar-refractivity contribution in [2.75, 3.05) is 21.7 Å². The molecule has 0 saturated heterocycles. The summed E-state index contributed by atoms with van der Waals surface area (Å²) in [6.07, 6.45) is 0. The number of nitrogen functional groups attached to an aromatic ring is 1. The van der Waals surface area contributed by atoms with Gasteiger partial charge in [-0.3, -0.25) is 33.6 Å². The van der Waals surface area contributed by atoms with E-state index in [0.717, 1.165) is 27.9 Å². The number of nitrogens with two attached hydrogens (primary N) is 1. The Morgan fingerprint density at radius 2 is 0.770 bits per heavy atom. The van der Waals surface area contributed by atoms with Crippen molar-refractivity contribution in [1.82, 2.24) is 4.98 Å². The number of aromatic hydroxyl groups is 3. The van der Waals surface area contributed by atoms with Crippen molar-refractivity contribution >= 4 is 96.8 Å². The zero-order valence-corrected chi connectivity index (χ0v) is 54.2. The highest BCUT2D eigenvalue weighted by Crippen LogP contribution is 2.45. The second kappa shape index (κ2) is 26.9. The van der Waals surface area contributed by atoms with Crippen LogP contribution >= 0.6 is 0 Å². The van der Waals surface area contributed by atoms with Crippen molar-refractivity contribution in [1.29, 1.82) is 0 Å². The molecule has 11 aromatic carbocycles. The zero-order valence-electron chi connectivity index (χ0n) is 54.2. The summed E-state index contributed by atoms with van der Waals surface area (Å²) in [5, 5.41) is 51.7. The third-order valence-electron chi connectivity index (χ3n) is 17.2. The number of benzene rings is 11. The number of rotatable bonds is 9. The molecule has 0 unspecified atom stereocenters. The van der Waals surface area contributed by atoms with Crippen LogP contribution in [0.15, 0.2) is 237 Å². The summed E-state index contributed by atoms with van der Waals surface area (Å²) in [5.74, 6) is -2.17. The minimum Gasteiger partial charge on any atom is -0.507 e. The Hall–Kier alpha value is -13.5. The van der Waals surface area contributed by atoms with E-state index in [9.17, 15) is 54.0 Å². The number of anilines is 6. The van der Waals surface area contributed by atoms with Crippen molar-refractivity contribution < 1.29 is 58.7 Å². The van der Waals surface area contributed by atoms with E-state index in [2.05, 4.69) is 20.9 Å². The fourth-order valence-corrected chi connectivity index (χ4v) is 12.4. The van der Waals surface area contributed by atoms with Gasteiger partial charge in [-0.1, -0.05) is 169 Å². The predicted octanol–water partition coefficient (Wildman–Crippen LogP) is 16.7. The summed E-state index contributed by atoms with van der Waals surface area (Å²) in [4.78, 5) is 94.8. The summed E-state index contributed by atoms with van der Waals surface area (Å²) in [6, 6.07) is 68.5. The first-order valence-electron chi connectivity index (χ1n) is 31.8. The number of aliphatic hydroxyl groups is 1. The summed E-state index contributed by atoms with van der Waals surface area (Å²) in [6.45, 7) is 8.03. The molecule has 0 aliphatic heterocycles. The first-order valence-corrected chi connectivity index (χ1v) is 31.8. The van der Waals surface area contributed by atoms with Gasteiger partial charge in [-0.05, 0) is 100 Å². The molecule has 0 fully saturated rings. The molecule has 0 atom stereocenters. The van der Waals surface area contributed by atoms with Crippen molar-refractivity contribution in [3.63, 3.8) is 0 Å². The Kier molecular flexibility index (Phi) is 17.5. The van der Waals surface area contributed by atoms with E-state index in [-0.39, 0.29) is 114 Å². The van der Waals surface area contributed by atoms with Gasteiger partial charge in [0.05, 0.1) is 61.5 Å². The van der Waals surface area contributed by atoms with Gasteiger partial charge in [-0.25, -0.2) is 4.98 Å². The van der Waals surface area contributed by atoms with Crippen LogP contribution in [-0.2, 0) is 0 Å². The van der Waals surface area contributed by atoms with Crippen LogP contribution in [-0.4, -0.2) is 71.9 Å². The number of hydrogen-bond donors (Lipinski definition) is 8. The smallest absolute Gasteiger partial charge is 0.199 e. The van der Waals surface area contributed by atoms with Crippen LogP contribution in [0.5, 0.6) is 28.7 Å². The quantitative estimate of drug-likeness (QED) is 0.0492. The van der Waals surface area contributed by atoms with E-state index in [0.29, 0.717) is 72.8 Å². The number of nitrogens with zero attached hydrogens (tertiary/aromatic N) is 1. The number of aryl methyl sites for hydroxylation is 2. The number of aromatic nitrogens is 1. The van der Waals surface area contributed by atoms with Gasteiger partial charge in [0.1, 0.15) is 34.5 Å². The van der Waals surface area contributed by atoms with Crippen LogP contribution < -0.4 is 26.4 Å². The van der Waals surface area contributed by atoms with Gasteiger partial charge in [0.15, 0.2) is 46.2 Å². The predicted molar refractivity (Wildman–Crippen MR) is 385 cm³/mol. The first kappa shape index (κ1) is 65.1. The molecule has 1 heterocycles. The van der Waals surface area contributed by atoms with Crippen molar-refractivity contribution in [2.24, 2.45) is 0 Å². The molecule has 1 aromatic heterocycles. The van der Waals surface area contributed by atoms with E-state index in [4.69, 9.17) is 10.5 Å². The van der Waals surface area contributed by atoms with Crippen LogP contribution in [0.25, 0.3) is 22.2 Å². The highest BCUT2D eigenvalue weighted by molar-refractivity contribution is 6.39. The molecule has 0 bridgehead atoms. The molecule has 17 nitrogen and oxygen atoms in total. The summed E-state index contributed by atoms with van der Waals surface area (Å²) in [5.41, 5.74) is 16.8. The van der Waals surface area contributed by atoms with Gasteiger partial charge in [0, 0.05) is 79.1 Å². The third-order valence-corrected chi connectivity index (χ3v) is 17.2. The number of fused-ring (bicyclic) bond motifs is 8. The number of ketones is 7. The van der Waals surface area contributed by atoms with Gasteiger partial charge in [-0.2, -0.15) is 0 Å². The topological polar surface area (TPSA) is 285 Å². The highest BCUT2D eigenvalue weighted by atomic mass is 16.5. The first-order chi connectivity index (χ1) is 48.3.